The van der Waals surface area contributed by atoms with Gasteiger partial charge in [-0.25, -0.2) is 0 Å². The van der Waals surface area contributed by atoms with Gasteiger partial charge in [0.1, 0.15) is 0 Å². The molecule has 0 amide bonds. The molecule has 1 nitrogen and oxygen atoms in total. The van der Waals surface area contributed by atoms with Crippen LogP contribution in [0, 0.1) is 18.3 Å². The Morgan fingerprint density at radius 1 is 1.17 bits per heavy atom. The maximum atomic E-state index is 5.35. The third-order valence-corrected chi connectivity index (χ3v) is 3.12. The normalized spacial score (nSPS) is 12.4. The van der Waals surface area contributed by atoms with E-state index in [9.17, 15) is 0 Å². The zero-order valence-corrected chi connectivity index (χ0v) is 11.9. The quantitative estimate of drug-likeness (QED) is 0.719. The zero-order valence-electron chi connectivity index (χ0n) is 11.9. The molecule has 0 aliphatic rings. The van der Waals surface area contributed by atoms with Crippen LogP contribution in [-0.4, -0.2) is 6.04 Å². The topological polar surface area (TPSA) is 12.0 Å². The Labute approximate surface area is 112 Å². The SMILES string of the molecule is C#CCC(CC)NCc1ccc(CC(C)C)cc1. The largest absolute Gasteiger partial charge is 0.309 e. The van der Waals surface area contributed by atoms with Crippen molar-refractivity contribution in [3.8, 4) is 12.3 Å². The zero-order chi connectivity index (χ0) is 13.4. The maximum Gasteiger partial charge on any atom is 0.0240 e. The summed E-state index contributed by atoms with van der Waals surface area (Å²) in [4.78, 5) is 0. The van der Waals surface area contributed by atoms with Crippen LogP contribution in [0.1, 0.15) is 44.7 Å². The molecule has 98 valence electrons. The van der Waals surface area contributed by atoms with Crippen molar-refractivity contribution in [1.29, 1.82) is 0 Å². The molecule has 1 atom stereocenters. The van der Waals surface area contributed by atoms with Gasteiger partial charge in [-0.05, 0) is 29.9 Å². The number of rotatable bonds is 7. The summed E-state index contributed by atoms with van der Waals surface area (Å²) < 4.78 is 0. The third kappa shape index (κ3) is 5.38. The molecule has 1 unspecified atom stereocenters. The second-order valence-electron chi connectivity index (χ2n) is 5.31. The van der Waals surface area contributed by atoms with Gasteiger partial charge in [0.05, 0.1) is 0 Å². The van der Waals surface area contributed by atoms with E-state index < -0.39 is 0 Å². The lowest BCUT2D eigenvalue weighted by Gasteiger charge is -2.14. The van der Waals surface area contributed by atoms with Gasteiger partial charge in [0.25, 0.3) is 0 Å². The van der Waals surface area contributed by atoms with Crippen LogP contribution in [0.15, 0.2) is 24.3 Å². The van der Waals surface area contributed by atoms with Gasteiger partial charge >= 0.3 is 0 Å². The van der Waals surface area contributed by atoms with E-state index in [1.165, 1.54) is 11.1 Å². The Kier molecular flexibility index (Phi) is 6.54. The molecule has 18 heavy (non-hydrogen) atoms. The number of benzene rings is 1. The number of terminal acetylenes is 1. The minimum atomic E-state index is 0.436. The van der Waals surface area contributed by atoms with E-state index in [-0.39, 0.29) is 0 Å². The Morgan fingerprint density at radius 3 is 2.28 bits per heavy atom. The third-order valence-electron chi connectivity index (χ3n) is 3.12. The first-order chi connectivity index (χ1) is 8.65. The van der Waals surface area contributed by atoms with E-state index >= 15 is 0 Å². The summed E-state index contributed by atoms with van der Waals surface area (Å²) in [5.74, 6) is 3.44. The molecule has 0 saturated heterocycles. The molecule has 1 aromatic carbocycles. The number of hydrogen-bond donors (Lipinski definition) is 1. The highest BCUT2D eigenvalue weighted by Gasteiger charge is 2.03. The monoisotopic (exact) mass is 243 g/mol. The van der Waals surface area contributed by atoms with Gasteiger partial charge in [-0.15, -0.1) is 12.3 Å². The fraction of sp³-hybridized carbons (Fsp3) is 0.529. The van der Waals surface area contributed by atoms with E-state index in [0.29, 0.717) is 12.0 Å². The minimum absolute atomic E-state index is 0.436. The molecular weight excluding hydrogens is 218 g/mol. The van der Waals surface area contributed by atoms with Crippen LogP contribution < -0.4 is 5.32 Å². The van der Waals surface area contributed by atoms with Crippen LogP contribution in [0.25, 0.3) is 0 Å². The Morgan fingerprint density at radius 2 is 1.78 bits per heavy atom. The lowest BCUT2D eigenvalue weighted by molar-refractivity contribution is 0.506. The van der Waals surface area contributed by atoms with E-state index in [1.54, 1.807) is 0 Å². The molecule has 0 aromatic heterocycles. The average Bonchev–Trinajstić information content (AvgIpc) is 2.35. The maximum absolute atomic E-state index is 5.35. The van der Waals surface area contributed by atoms with Crippen LogP contribution in [0.4, 0.5) is 0 Å². The van der Waals surface area contributed by atoms with Crippen molar-refractivity contribution in [3.05, 3.63) is 35.4 Å². The predicted molar refractivity (Wildman–Crippen MR) is 79.4 cm³/mol. The second kappa shape index (κ2) is 7.95. The van der Waals surface area contributed by atoms with Crippen molar-refractivity contribution in [2.45, 2.75) is 52.6 Å². The highest BCUT2D eigenvalue weighted by molar-refractivity contribution is 5.22. The summed E-state index contributed by atoms with van der Waals surface area (Å²) in [6.45, 7) is 7.57. The van der Waals surface area contributed by atoms with Crippen LogP contribution in [0.3, 0.4) is 0 Å². The first kappa shape index (κ1) is 14.8. The highest BCUT2D eigenvalue weighted by Crippen LogP contribution is 2.10. The van der Waals surface area contributed by atoms with E-state index in [4.69, 9.17) is 6.42 Å². The molecule has 1 heteroatoms. The number of nitrogens with one attached hydrogen (secondary N) is 1. The van der Waals surface area contributed by atoms with E-state index in [2.05, 4.69) is 56.3 Å². The first-order valence-corrected chi connectivity index (χ1v) is 6.90. The molecular formula is C17H25N. The first-order valence-electron chi connectivity index (χ1n) is 6.90. The molecule has 1 N–H and O–H groups in total. The summed E-state index contributed by atoms with van der Waals surface area (Å²) in [5.41, 5.74) is 2.75. The number of hydrogen-bond acceptors (Lipinski definition) is 1. The molecule has 0 spiro atoms. The van der Waals surface area contributed by atoms with Crippen LogP contribution in [-0.2, 0) is 13.0 Å². The molecule has 0 fully saturated rings. The molecule has 0 saturated carbocycles. The minimum Gasteiger partial charge on any atom is -0.309 e. The van der Waals surface area contributed by atoms with Crippen molar-refractivity contribution in [3.63, 3.8) is 0 Å². The van der Waals surface area contributed by atoms with Crippen molar-refractivity contribution in [2.24, 2.45) is 5.92 Å². The second-order valence-corrected chi connectivity index (χ2v) is 5.31. The lowest BCUT2D eigenvalue weighted by Crippen LogP contribution is -2.27. The molecule has 0 heterocycles. The van der Waals surface area contributed by atoms with Gasteiger partial charge in [-0.3, -0.25) is 0 Å². The van der Waals surface area contributed by atoms with Gasteiger partial charge in [0, 0.05) is 19.0 Å². The summed E-state index contributed by atoms with van der Waals surface area (Å²) in [5, 5.41) is 3.50. The predicted octanol–water partition coefficient (Wildman–Crippen LogP) is 3.78. The van der Waals surface area contributed by atoms with Crippen LogP contribution in [0.5, 0.6) is 0 Å². The van der Waals surface area contributed by atoms with E-state index in [0.717, 1.165) is 25.8 Å². The van der Waals surface area contributed by atoms with Gasteiger partial charge in [-0.2, -0.15) is 0 Å². The molecule has 0 aliphatic carbocycles. The summed E-state index contributed by atoms with van der Waals surface area (Å²) in [6, 6.07) is 9.34. The molecule has 0 bridgehead atoms. The smallest absolute Gasteiger partial charge is 0.0240 e. The van der Waals surface area contributed by atoms with Gasteiger partial charge < -0.3 is 5.32 Å². The Balaban J connectivity index is 2.46. The van der Waals surface area contributed by atoms with Gasteiger partial charge in [-0.1, -0.05) is 45.0 Å². The fourth-order valence-corrected chi connectivity index (χ4v) is 2.03. The summed E-state index contributed by atoms with van der Waals surface area (Å²) in [6.07, 6.45) is 8.39. The summed E-state index contributed by atoms with van der Waals surface area (Å²) >= 11 is 0. The van der Waals surface area contributed by atoms with Crippen molar-refractivity contribution in [2.75, 3.05) is 0 Å². The molecule has 0 radical (unpaired) electrons. The van der Waals surface area contributed by atoms with Crippen molar-refractivity contribution >= 4 is 0 Å². The van der Waals surface area contributed by atoms with Crippen molar-refractivity contribution < 1.29 is 0 Å². The highest BCUT2D eigenvalue weighted by atomic mass is 14.9. The average molecular weight is 243 g/mol. The molecule has 1 aromatic rings. The Bertz CT molecular complexity index is 370. The molecule has 1 rings (SSSR count). The van der Waals surface area contributed by atoms with Crippen molar-refractivity contribution in [1.82, 2.24) is 5.32 Å². The van der Waals surface area contributed by atoms with Crippen LogP contribution in [0.2, 0.25) is 0 Å². The van der Waals surface area contributed by atoms with E-state index in [1.807, 2.05) is 0 Å². The molecule has 0 aliphatic heterocycles. The van der Waals surface area contributed by atoms with Gasteiger partial charge in [0.15, 0.2) is 0 Å². The fourth-order valence-electron chi connectivity index (χ4n) is 2.03. The Hall–Kier alpha value is -1.26. The summed E-state index contributed by atoms with van der Waals surface area (Å²) in [7, 11) is 0. The van der Waals surface area contributed by atoms with Gasteiger partial charge in [0.2, 0.25) is 0 Å². The lowest BCUT2D eigenvalue weighted by atomic mass is 10.0. The standard InChI is InChI=1S/C17H25N/c1-5-7-17(6-2)18-13-16-10-8-15(9-11-16)12-14(3)4/h1,8-11,14,17-18H,6-7,12-13H2,2-4H3. The van der Waals surface area contributed by atoms with Crippen LogP contribution >= 0.6 is 0 Å².